The van der Waals surface area contributed by atoms with Crippen LogP contribution in [0.4, 0.5) is 0 Å². The van der Waals surface area contributed by atoms with Gasteiger partial charge in [0.15, 0.2) is 5.88 Å². The van der Waals surface area contributed by atoms with Gasteiger partial charge in [-0.05, 0) is 20.8 Å². The van der Waals surface area contributed by atoms with E-state index < -0.39 is 0 Å². The SMILES string of the molecule is CCOC(=O)c1cc(OCC)[nH]c1C. The van der Waals surface area contributed by atoms with E-state index in [1.165, 1.54) is 0 Å². The number of hydrogen-bond acceptors (Lipinski definition) is 3. The van der Waals surface area contributed by atoms with Crippen LogP contribution in [-0.4, -0.2) is 24.2 Å². The van der Waals surface area contributed by atoms with Gasteiger partial charge in [0.05, 0.1) is 18.8 Å². The first-order valence-corrected chi connectivity index (χ1v) is 4.68. The molecule has 14 heavy (non-hydrogen) atoms. The number of carbonyl (C=O) groups excluding carboxylic acids is 1. The molecule has 0 radical (unpaired) electrons. The highest BCUT2D eigenvalue weighted by Crippen LogP contribution is 2.17. The Hall–Kier alpha value is -1.45. The van der Waals surface area contributed by atoms with Crippen molar-refractivity contribution in [1.29, 1.82) is 0 Å². The Morgan fingerprint density at radius 1 is 1.43 bits per heavy atom. The molecule has 0 aliphatic rings. The maximum atomic E-state index is 11.4. The number of hydrogen-bond donors (Lipinski definition) is 1. The Balaban J connectivity index is 2.81. The second-order valence-corrected chi connectivity index (χ2v) is 2.83. The fourth-order valence-electron chi connectivity index (χ4n) is 1.18. The number of aromatic amines is 1. The first-order chi connectivity index (χ1) is 6.69. The van der Waals surface area contributed by atoms with Gasteiger partial charge in [0.2, 0.25) is 0 Å². The normalized spacial score (nSPS) is 9.93. The second kappa shape index (κ2) is 4.69. The first kappa shape index (κ1) is 10.6. The Morgan fingerprint density at radius 3 is 2.71 bits per heavy atom. The number of H-pyrrole nitrogens is 1. The van der Waals surface area contributed by atoms with Gasteiger partial charge in [-0.25, -0.2) is 4.79 Å². The van der Waals surface area contributed by atoms with Crippen molar-refractivity contribution >= 4 is 5.97 Å². The van der Waals surface area contributed by atoms with Crippen LogP contribution in [0.2, 0.25) is 0 Å². The van der Waals surface area contributed by atoms with Crippen LogP contribution >= 0.6 is 0 Å². The van der Waals surface area contributed by atoms with Gasteiger partial charge in [-0.2, -0.15) is 0 Å². The molecule has 0 saturated heterocycles. The van der Waals surface area contributed by atoms with Crippen LogP contribution in [0.1, 0.15) is 29.9 Å². The molecule has 0 aliphatic heterocycles. The van der Waals surface area contributed by atoms with E-state index in [9.17, 15) is 4.79 Å². The maximum absolute atomic E-state index is 11.4. The van der Waals surface area contributed by atoms with Crippen LogP contribution in [0.5, 0.6) is 5.88 Å². The summed E-state index contributed by atoms with van der Waals surface area (Å²) in [6.07, 6.45) is 0. The summed E-state index contributed by atoms with van der Waals surface area (Å²) in [5, 5.41) is 0. The minimum Gasteiger partial charge on any atom is -0.479 e. The molecule has 1 aromatic heterocycles. The monoisotopic (exact) mass is 197 g/mol. The summed E-state index contributed by atoms with van der Waals surface area (Å²) in [5.41, 5.74) is 1.31. The molecule has 4 nitrogen and oxygen atoms in total. The largest absolute Gasteiger partial charge is 0.479 e. The molecule has 0 aliphatic carbocycles. The summed E-state index contributed by atoms with van der Waals surface area (Å²) >= 11 is 0. The fourth-order valence-corrected chi connectivity index (χ4v) is 1.18. The molecule has 0 saturated carbocycles. The van der Waals surface area contributed by atoms with Gasteiger partial charge in [-0.15, -0.1) is 0 Å². The van der Waals surface area contributed by atoms with E-state index in [4.69, 9.17) is 9.47 Å². The van der Waals surface area contributed by atoms with E-state index in [0.717, 1.165) is 5.69 Å². The zero-order chi connectivity index (χ0) is 10.6. The van der Waals surface area contributed by atoms with Crippen LogP contribution in [0.25, 0.3) is 0 Å². The lowest BCUT2D eigenvalue weighted by molar-refractivity contribution is 0.0525. The van der Waals surface area contributed by atoms with Gasteiger partial charge in [0, 0.05) is 11.8 Å². The molecule has 1 N–H and O–H groups in total. The third kappa shape index (κ3) is 2.28. The highest BCUT2D eigenvalue weighted by molar-refractivity contribution is 5.91. The number of aryl methyl sites for hydroxylation is 1. The minimum absolute atomic E-state index is 0.313. The average Bonchev–Trinajstić information content (AvgIpc) is 2.48. The van der Waals surface area contributed by atoms with Crippen LogP contribution < -0.4 is 4.74 Å². The van der Waals surface area contributed by atoms with E-state index in [-0.39, 0.29) is 5.97 Å². The highest BCUT2D eigenvalue weighted by atomic mass is 16.5. The van der Waals surface area contributed by atoms with Gasteiger partial charge in [0.25, 0.3) is 0 Å². The molecule has 4 heteroatoms. The van der Waals surface area contributed by atoms with Crippen molar-refractivity contribution in [3.63, 3.8) is 0 Å². The average molecular weight is 197 g/mol. The lowest BCUT2D eigenvalue weighted by Gasteiger charge is -1.98. The van der Waals surface area contributed by atoms with Crippen LogP contribution in [0, 0.1) is 6.92 Å². The molecule has 78 valence electrons. The van der Waals surface area contributed by atoms with Crippen molar-refractivity contribution in [2.75, 3.05) is 13.2 Å². The number of esters is 1. The van der Waals surface area contributed by atoms with Gasteiger partial charge >= 0.3 is 5.97 Å². The molecule has 0 bridgehead atoms. The number of aromatic nitrogens is 1. The van der Waals surface area contributed by atoms with Crippen LogP contribution in [0.3, 0.4) is 0 Å². The third-order valence-electron chi connectivity index (χ3n) is 1.79. The Kier molecular flexibility index (Phi) is 3.56. The summed E-state index contributed by atoms with van der Waals surface area (Å²) in [5.74, 6) is 0.292. The molecular formula is C10H15NO3. The van der Waals surface area contributed by atoms with E-state index in [1.807, 2.05) is 13.8 Å². The molecule has 1 aromatic rings. The standard InChI is InChI=1S/C10H15NO3/c1-4-13-9-6-8(7(3)11-9)10(12)14-5-2/h6,11H,4-5H2,1-3H3. The third-order valence-corrected chi connectivity index (χ3v) is 1.79. The minimum atomic E-state index is -0.313. The van der Waals surface area contributed by atoms with Crippen LogP contribution in [0.15, 0.2) is 6.07 Å². The Bertz CT molecular complexity index is 317. The number of ether oxygens (including phenoxy) is 2. The summed E-state index contributed by atoms with van der Waals surface area (Å²) in [6, 6.07) is 1.66. The summed E-state index contributed by atoms with van der Waals surface area (Å²) in [7, 11) is 0. The summed E-state index contributed by atoms with van der Waals surface area (Å²) in [6.45, 7) is 6.44. The van der Waals surface area contributed by atoms with Crippen LogP contribution in [-0.2, 0) is 4.74 Å². The zero-order valence-electron chi connectivity index (χ0n) is 8.72. The van der Waals surface area contributed by atoms with Gasteiger partial charge in [-0.3, -0.25) is 0 Å². The van der Waals surface area contributed by atoms with Crippen molar-refractivity contribution < 1.29 is 14.3 Å². The number of nitrogens with one attached hydrogen (secondary N) is 1. The smallest absolute Gasteiger partial charge is 0.340 e. The molecule has 0 spiro atoms. The predicted molar refractivity (Wildman–Crippen MR) is 52.7 cm³/mol. The molecular weight excluding hydrogens is 182 g/mol. The van der Waals surface area contributed by atoms with Crippen molar-refractivity contribution in [1.82, 2.24) is 4.98 Å². The molecule has 0 aromatic carbocycles. The second-order valence-electron chi connectivity index (χ2n) is 2.83. The topological polar surface area (TPSA) is 51.3 Å². The summed E-state index contributed by atoms with van der Waals surface area (Å²) < 4.78 is 10.1. The van der Waals surface area contributed by atoms with Gasteiger partial charge in [0.1, 0.15) is 0 Å². The fraction of sp³-hybridized carbons (Fsp3) is 0.500. The molecule has 0 unspecified atom stereocenters. The Labute approximate surface area is 83.2 Å². The predicted octanol–water partition coefficient (Wildman–Crippen LogP) is 1.90. The molecule has 0 atom stereocenters. The van der Waals surface area contributed by atoms with Crippen molar-refractivity contribution in [3.05, 3.63) is 17.3 Å². The quantitative estimate of drug-likeness (QED) is 0.750. The first-order valence-electron chi connectivity index (χ1n) is 4.68. The molecule has 0 fully saturated rings. The van der Waals surface area contributed by atoms with E-state index >= 15 is 0 Å². The Morgan fingerprint density at radius 2 is 2.14 bits per heavy atom. The number of carbonyl (C=O) groups is 1. The molecule has 0 amide bonds. The van der Waals surface area contributed by atoms with E-state index in [2.05, 4.69) is 4.98 Å². The van der Waals surface area contributed by atoms with Gasteiger partial charge in [-0.1, -0.05) is 0 Å². The molecule has 1 rings (SSSR count). The summed E-state index contributed by atoms with van der Waals surface area (Å²) in [4.78, 5) is 14.3. The van der Waals surface area contributed by atoms with E-state index in [1.54, 1.807) is 13.0 Å². The van der Waals surface area contributed by atoms with Gasteiger partial charge < -0.3 is 14.5 Å². The molecule has 1 heterocycles. The lowest BCUT2D eigenvalue weighted by Crippen LogP contribution is -2.04. The van der Waals surface area contributed by atoms with Crippen molar-refractivity contribution in [2.45, 2.75) is 20.8 Å². The highest BCUT2D eigenvalue weighted by Gasteiger charge is 2.13. The lowest BCUT2D eigenvalue weighted by atomic mass is 10.2. The van der Waals surface area contributed by atoms with E-state index in [0.29, 0.717) is 24.7 Å². The maximum Gasteiger partial charge on any atom is 0.340 e. The van der Waals surface area contributed by atoms with Crippen molar-refractivity contribution in [2.24, 2.45) is 0 Å². The van der Waals surface area contributed by atoms with Crippen molar-refractivity contribution in [3.8, 4) is 5.88 Å². The zero-order valence-corrected chi connectivity index (χ0v) is 8.72. The number of rotatable bonds is 4.